The number of rotatable bonds is 5. The molecule has 0 aliphatic carbocycles. The highest BCUT2D eigenvalue weighted by Crippen LogP contribution is 2.17. The first-order valence-corrected chi connectivity index (χ1v) is 7.31. The van der Waals surface area contributed by atoms with Crippen LogP contribution in [0.1, 0.15) is 12.5 Å². The molecule has 116 valence electrons. The Hall–Kier alpha value is -3.02. The van der Waals surface area contributed by atoms with Crippen molar-refractivity contribution in [3.63, 3.8) is 0 Å². The van der Waals surface area contributed by atoms with E-state index in [-0.39, 0.29) is 5.82 Å². The minimum absolute atomic E-state index is 0.291. The van der Waals surface area contributed by atoms with E-state index in [4.69, 9.17) is 0 Å². The second-order valence-corrected chi connectivity index (χ2v) is 4.97. The van der Waals surface area contributed by atoms with Crippen molar-refractivity contribution in [2.45, 2.75) is 13.3 Å². The SMILES string of the molecule is CCc1ccc(Nc2cnnc(Nc3ccc(F)cc3)n2)cc1. The van der Waals surface area contributed by atoms with E-state index in [9.17, 15) is 4.39 Å². The summed E-state index contributed by atoms with van der Waals surface area (Å²) in [5, 5.41) is 14.0. The molecule has 0 bridgehead atoms. The third-order valence-corrected chi connectivity index (χ3v) is 3.29. The first-order chi connectivity index (χ1) is 11.2. The number of hydrogen-bond acceptors (Lipinski definition) is 5. The van der Waals surface area contributed by atoms with E-state index in [1.54, 1.807) is 18.3 Å². The van der Waals surface area contributed by atoms with E-state index < -0.39 is 0 Å². The van der Waals surface area contributed by atoms with Crippen molar-refractivity contribution >= 4 is 23.1 Å². The van der Waals surface area contributed by atoms with Crippen LogP contribution in [-0.4, -0.2) is 15.2 Å². The minimum atomic E-state index is -0.291. The van der Waals surface area contributed by atoms with Crippen molar-refractivity contribution in [1.82, 2.24) is 15.2 Å². The molecule has 3 rings (SSSR count). The third kappa shape index (κ3) is 4.00. The molecule has 0 atom stereocenters. The summed E-state index contributed by atoms with van der Waals surface area (Å²) in [7, 11) is 0. The van der Waals surface area contributed by atoms with Crippen LogP contribution in [0.5, 0.6) is 0 Å². The van der Waals surface area contributed by atoms with Crippen molar-refractivity contribution in [1.29, 1.82) is 0 Å². The smallest absolute Gasteiger partial charge is 0.249 e. The quantitative estimate of drug-likeness (QED) is 0.744. The molecule has 0 fully saturated rings. The summed E-state index contributed by atoms with van der Waals surface area (Å²) in [4.78, 5) is 4.34. The Bertz CT molecular complexity index is 772. The second kappa shape index (κ2) is 6.83. The Morgan fingerprint density at radius 3 is 2.26 bits per heavy atom. The van der Waals surface area contributed by atoms with Crippen LogP contribution in [0.3, 0.4) is 0 Å². The van der Waals surface area contributed by atoms with Crippen LogP contribution in [0.2, 0.25) is 0 Å². The number of aryl methyl sites for hydroxylation is 1. The van der Waals surface area contributed by atoms with Gasteiger partial charge in [-0.15, -0.1) is 5.10 Å². The fraction of sp³-hybridized carbons (Fsp3) is 0.118. The zero-order chi connectivity index (χ0) is 16.1. The van der Waals surface area contributed by atoms with Crippen molar-refractivity contribution in [2.24, 2.45) is 0 Å². The van der Waals surface area contributed by atoms with E-state index in [2.05, 4.69) is 44.9 Å². The summed E-state index contributed by atoms with van der Waals surface area (Å²) in [6.45, 7) is 2.12. The number of nitrogens with zero attached hydrogens (tertiary/aromatic N) is 3. The maximum absolute atomic E-state index is 12.9. The van der Waals surface area contributed by atoms with Crippen LogP contribution in [-0.2, 0) is 6.42 Å². The van der Waals surface area contributed by atoms with Crippen LogP contribution in [0.4, 0.5) is 27.5 Å². The van der Waals surface area contributed by atoms with Crippen molar-refractivity contribution in [3.8, 4) is 0 Å². The van der Waals surface area contributed by atoms with Crippen molar-refractivity contribution in [3.05, 3.63) is 66.1 Å². The highest BCUT2D eigenvalue weighted by Gasteiger charge is 2.02. The van der Waals surface area contributed by atoms with E-state index >= 15 is 0 Å². The lowest BCUT2D eigenvalue weighted by atomic mass is 10.1. The Morgan fingerprint density at radius 1 is 0.913 bits per heavy atom. The predicted octanol–water partition coefficient (Wildman–Crippen LogP) is 4.06. The molecule has 0 spiro atoms. The maximum Gasteiger partial charge on any atom is 0.249 e. The molecule has 6 heteroatoms. The van der Waals surface area contributed by atoms with Gasteiger partial charge in [-0.05, 0) is 48.4 Å². The van der Waals surface area contributed by atoms with E-state index in [1.807, 2.05) is 12.1 Å². The molecule has 2 aromatic carbocycles. The molecule has 1 heterocycles. The van der Waals surface area contributed by atoms with Gasteiger partial charge in [-0.3, -0.25) is 0 Å². The Kier molecular flexibility index (Phi) is 4.42. The summed E-state index contributed by atoms with van der Waals surface area (Å²) in [6.07, 6.45) is 2.55. The Morgan fingerprint density at radius 2 is 1.57 bits per heavy atom. The van der Waals surface area contributed by atoms with Gasteiger partial charge >= 0.3 is 0 Å². The summed E-state index contributed by atoms with van der Waals surface area (Å²) >= 11 is 0. The van der Waals surface area contributed by atoms with E-state index in [0.717, 1.165) is 12.1 Å². The summed E-state index contributed by atoms with van der Waals surface area (Å²) in [6, 6.07) is 14.1. The molecule has 0 unspecified atom stereocenters. The lowest BCUT2D eigenvalue weighted by Crippen LogP contribution is -2.02. The van der Waals surface area contributed by atoms with Crippen LogP contribution in [0, 0.1) is 5.82 Å². The number of hydrogen-bond donors (Lipinski definition) is 2. The van der Waals surface area contributed by atoms with E-state index in [1.165, 1.54) is 17.7 Å². The number of anilines is 4. The van der Waals surface area contributed by atoms with Crippen LogP contribution >= 0.6 is 0 Å². The molecule has 23 heavy (non-hydrogen) atoms. The average Bonchev–Trinajstić information content (AvgIpc) is 2.58. The third-order valence-electron chi connectivity index (χ3n) is 3.29. The molecular weight excluding hydrogens is 293 g/mol. The molecule has 0 amide bonds. The van der Waals surface area contributed by atoms with Gasteiger partial charge in [-0.1, -0.05) is 19.1 Å². The number of aromatic nitrogens is 3. The number of nitrogens with one attached hydrogen (secondary N) is 2. The molecule has 2 N–H and O–H groups in total. The molecule has 0 aliphatic heterocycles. The van der Waals surface area contributed by atoms with Gasteiger partial charge in [0.25, 0.3) is 0 Å². The summed E-state index contributed by atoms with van der Waals surface area (Å²) in [5.41, 5.74) is 2.89. The minimum Gasteiger partial charge on any atom is -0.339 e. The lowest BCUT2D eigenvalue weighted by Gasteiger charge is -2.08. The molecule has 0 radical (unpaired) electrons. The van der Waals surface area contributed by atoms with Crippen LogP contribution in [0.15, 0.2) is 54.7 Å². The normalized spacial score (nSPS) is 10.3. The molecule has 1 aromatic heterocycles. The highest BCUT2D eigenvalue weighted by atomic mass is 19.1. The zero-order valence-electron chi connectivity index (χ0n) is 12.6. The first kappa shape index (κ1) is 14.9. The lowest BCUT2D eigenvalue weighted by molar-refractivity contribution is 0.628. The van der Waals surface area contributed by atoms with Gasteiger partial charge in [0.2, 0.25) is 5.95 Å². The zero-order valence-corrected chi connectivity index (χ0v) is 12.6. The molecule has 0 aliphatic rings. The fourth-order valence-corrected chi connectivity index (χ4v) is 2.05. The molecule has 5 nitrogen and oxygen atoms in total. The Labute approximate surface area is 133 Å². The van der Waals surface area contributed by atoms with Gasteiger partial charge in [-0.25, -0.2) is 4.39 Å². The monoisotopic (exact) mass is 309 g/mol. The molecule has 0 saturated carbocycles. The van der Waals surface area contributed by atoms with Gasteiger partial charge in [-0.2, -0.15) is 10.1 Å². The molecule has 0 saturated heterocycles. The van der Waals surface area contributed by atoms with Crippen LogP contribution in [0.25, 0.3) is 0 Å². The summed E-state index contributed by atoms with van der Waals surface area (Å²) < 4.78 is 12.9. The summed E-state index contributed by atoms with van der Waals surface area (Å²) in [5.74, 6) is 0.626. The number of benzene rings is 2. The average molecular weight is 309 g/mol. The van der Waals surface area contributed by atoms with Gasteiger partial charge in [0.15, 0.2) is 5.82 Å². The molecule has 3 aromatic rings. The Balaban J connectivity index is 1.72. The number of halogens is 1. The van der Waals surface area contributed by atoms with Crippen LogP contribution < -0.4 is 10.6 Å². The maximum atomic E-state index is 12.9. The van der Waals surface area contributed by atoms with Gasteiger partial charge in [0.1, 0.15) is 5.82 Å². The van der Waals surface area contributed by atoms with Gasteiger partial charge < -0.3 is 10.6 Å². The van der Waals surface area contributed by atoms with E-state index in [0.29, 0.717) is 17.5 Å². The largest absolute Gasteiger partial charge is 0.339 e. The second-order valence-electron chi connectivity index (χ2n) is 4.97. The standard InChI is InChI=1S/C17H16FN5/c1-2-12-3-7-14(8-4-12)20-16-11-19-23-17(22-16)21-15-9-5-13(18)6-10-15/h3-11H,2H2,1H3,(H2,20,21,22,23). The van der Waals surface area contributed by atoms with Gasteiger partial charge in [0.05, 0.1) is 6.20 Å². The van der Waals surface area contributed by atoms with Gasteiger partial charge in [0, 0.05) is 11.4 Å². The fourth-order valence-electron chi connectivity index (χ4n) is 2.05. The van der Waals surface area contributed by atoms with Crippen molar-refractivity contribution in [2.75, 3.05) is 10.6 Å². The predicted molar refractivity (Wildman–Crippen MR) is 88.6 cm³/mol. The molecular formula is C17H16FN5. The first-order valence-electron chi connectivity index (χ1n) is 7.31. The topological polar surface area (TPSA) is 62.7 Å². The van der Waals surface area contributed by atoms with Crippen molar-refractivity contribution < 1.29 is 4.39 Å². The highest BCUT2D eigenvalue weighted by molar-refractivity contribution is 5.58.